The largest absolute Gasteiger partial charge is 0.493 e. The highest BCUT2D eigenvalue weighted by Crippen LogP contribution is 2.29. The van der Waals surface area contributed by atoms with Crippen molar-refractivity contribution in [2.24, 2.45) is 35.5 Å². The highest BCUT2D eigenvalue weighted by Gasteiger charge is 2.48. The van der Waals surface area contributed by atoms with Crippen molar-refractivity contribution in [1.82, 2.24) is 40.4 Å². The van der Waals surface area contributed by atoms with Crippen molar-refractivity contribution >= 4 is 65.2 Å². The first-order valence-electron chi connectivity index (χ1n) is 35.1. The molecule has 1 saturated carbocycles. The Morgan fingerprint density at radius 3 is 1.68 bits per heavy atom. The van der Waals surface area contributed by atoms with Crippen molar-refractivity contribution in [2.45, 2.75) is 247 Å². The minimum absolute atomic E-state index is 0.0533. The fourth-order valence-electron chi connectivity index (χ4n) is 12.8. The Labute approximate surface area is 582 Å². The van der Waals surface area contributed by atoms with Gasteiger partial charge in [0.05, 0.1) is 12.2 Å². The van der Waals surface area contributed by atoms with Crippen LogP contribution in [-0.4, -0.2) is 208 Å². The van der Waals surface area contributed by atoms with Gasteiger partial charge in [-0.3, -0.25) is 38.4 Å². The number of likely N-dealkylation sites (tertiary alicyclic amines) is 1. The molecule has 0 radical (unpaired) electrons. The van der Waals surface area contributed by atoms with E-state index in [1.165, 1.54) is 70.1 Å². The minimum Gasteiger partial charge on any atom is -0.493 e. The molecule has 1 unspecified atom stereocenters. The molecule has 8 amide bonds. The smallest absolute Gasteiger partial charge is 0.408 e. The number of esters is 2. The molecule has 1 aliphatic heterocycles. The molecule has 2 aliphatic rings. The number of likely N-dealkylation sites (N-methyl/N-ethyl adjacent to an activating group) is 4. The van der Waals surface area contributed by atoms with E-state index >= 15 is 14.4 Å². The van der Waals surface area contributed by atoms with E-state index in [4.69, 9.17) is 18.9 Å². The Bertz CT molecular complexity index is 3010. The number of hydrogen-bond donors (Lipinski definition) is 4. The number of ketones is 1. The molecule has 4 rings (SSSR count). The van der Waals surface area contributed by atoms with Crippen LogP contribution in [0, 0.1) is 35.5 Å². The number of amides is 8. The molecule has 1 saturated heterocycles. The van der Waals surface area contributed by atoms with Crippen LogP contribution >= 0.6 is 0 Å². The molecule has 0 bridgehead atoms. The van der Waals surface area contributed by atoms with Gasteiger partial charge < -0.3 is 64.5 Å². The Hall–Kier alpha value is -7.63. The summed E-state index contributed by atoms with van der Waals surface area (Å²) in [7, 11) is 5.52. The molecule has 0 aromatic heterocycles. The van der Waals surface area contributed by atoms with Crippen molar-refractivity contribution in [2.75, 3.05) is 47.9 Å². The summed E-state index contributed by atoms with van der Waals surface area (Å²) in [5.41, 5.74) is -1.90. The molecule has 11 atom stereocenters. The molecule has 548 valence electrons. The zero-order valence-corrected chi connectivity index (χ0v) is 62.1. The fourth-order valence-corrected chi connectivity index (χ4v) is 12.8. The average Bonchev–Trinajstić information content (AvgIpc) is 1.19. The maximum absolute atomic E-state index is 15.1. The van der Waals surface area contributed by atoms with Gasteiger partial charge in [0.2, 0.25) is 35.4 Å². The molecule has 24 heteroatoms. The van der Waals surface area contributed by atoms with Gasteiger partial charge in [-0.25, -0.2) is 14.4 Å². The number of Topliss-reactive ketones (excluding diaryl/α,β-unsaturated/α-hetero) is 1. The third-order valence-electron chi connectivity index (χ3n) is 18.8. The van der Waals surface area contributed by atoms with Crippen molar-refractivity contribution in [3.8, 4) is 5.75 Å². The van der Waals surface area contributed by atoms with E-state index in [1.807, 2.05) is 20.8 Å². The van der Waals surface area contributed by atoms with Crippen LogP contribution in [0.5, 0.6) is 5.75 Å². The quantitative estimate of drug-likeness (QED) is 0.0294. The number of aliphatic hydroxyl groups is 1. The molecule has 2 fully saturated rings. The molecular weight excluding hydrogens is 1260 g/mol. The number of alkyl carbamates (subject to hydrolysis) is 1. The number of rotatable bonds is 34. The van der Waals surface area contributed by atoms with Crippen molar-refractivity contribution in [1.29, 1.82) is 0 Å². The Kier molecular flexibility index (Phi) is 31.7. The summed E-state index contributed by atoms with van der Waals surface area (Å²) < 4.78 is 23.2. The first kappa shape index (κ1) is 82.8. The van der Waals surface area contributed by atoms with E-state index in [0.29, 0.717) is 42.2 Å². The summed E-state index contributed by atoms with van der Waals surface area (Å²) in [6.45, 7) is 27.0. The zero-order chi connectivity index (χ0) is 73.8. The Balaban J connectivity index is 1.63. The van der Waals surface area contributed by atoms with Crippen LogP contribution in [0.1, 0.15) is 191 Å². The Morgan fingerprint density at radius 2 is 1.16 bits per heavy atom. The van der Waals surface area contributed by atoms with E-state index in [2.05, 4.69) is 16.0 Å². The summed E-state index contributed by atoms with van der Waals surface area (Å²) >= 11 is 0. The number of carbonyl (C=O) groups is 11. The molecule has 24 nitrogen and oxygen atoms in total. The predicted octanol–water partition coefficient (Wildman–Crippen LogP) is 7.93. The maximum Gasteiger partial charge on any atom is 0.408 e. The van der Waals surface area contributed by atoms with Crippen molar-refractivity contribution < 1.29 is 76.8 Å². The first-order chi connectivity index (χ1) is 45.8. The van der Waals surface area contributed by atoms with Gasteiger partial charge in [0, 0.05) is 52.6 Å². The maximum atomic E-state index is 15.1. The van der Waals surface area contributed by atoms with Gasteiger partial charge in [0.15, 0.2) is 24.5 Å². The molecule has 4 N–H and O–H groups in total. The van der Waals surface area contributed by atoms with Gasteiger partial charge >= 0.3 is 18.0 Å². The molecule has 1 aliphatic carbocycles. The number of hydrogen-bond acceptors (Lipinski definition) is 16. The van der Waals surface area contributed by atoms with Crippen LogP contribution in [-0.2, 0) is 63.8 Å². The summed E-state index contributed by atoms with van der Waals surface area (Å²) in [6, 6.07) is 5.36. The highest BCUT2D eigenvalue weighted by atomic mass is 16.6. The number of nitrogens with one attached hydrogen (secondary N) is 3. The third-order valence-corrected chi connectivity index (χ3v) is 18.8. The monoisotopic (exact) mass is 1370 g/mol. The molecule has 2 aromatic rings. The van der Waals surface area contributed by atoms with Gasteiger partial charge in [-0.15, -0.1) is 0 Å². The van der Waals surface area contributed by atoms with Crippen molar-refractivity contribution in [3.05, 3.63) is 65.7 Å². The summed E-state index contributed by atoms with van der Waals surface area (Å²) in [4.78, 5) is 164. The minimum atomic E-state index is -2.03. The van der Waals surface area contributed by atoms with Gasteiger partial charge in [0.25, 0.3) is 5.91 Å². The molecule has 98 heavy (non-hydrogen) atoms. The molecule has 2 aromatic carbocycles. The third kappa shape index (κ3) is 23.5. The highest BCUT2D eigenvalue weighted by molar-refractivity contribution is 6.00. The second kappa shape index (κ2) is 37.5. The van der Waals surface area contributed by atoms with Crippen LogP contribution in [0.2, 0.25) is 0 Å². The van der Waals surface area contributed by atoms with Crippen LogP contribution in [0.15, 0.2) is 54.6 Å². The van der Waals surface area contributed by atoms with Gasteiger partial charge in [-0.05, 0) is 127 Å². The number of ether oxygens (including phenoxy) is 4. The lowest BCUT2D eigenvalue weighted by Crippen LogP contribution is -2.63. The lowest BCUT2D eigenvalue weighted by molar-refractivity contribution is -0.177. The molecule has 1 heterocycles. The zero-order valence-electron chi connectivity index (χ0n) is 62.1. The van der Waals surface area contributed by atoms with Crippen molar-refractivity contribution in [3.63, 3.8) is 0 Å². The fraction of sp³-hybridized carbons (Fsp3) is 0.689. The Morgan fingerprint density at radius 1 is 0.622 bits per heavy atom. The van der Waals surface area contributed by atoms with E-state index in [-0.39, 0.29) is 44.1 Å². The van der Waals surface area contributed by atoms with E-state index in [1.54, 1.807) is 124 Å². The van der Waals surface area contributed by atoms with Crippen LogP contribution in [0.25, 0.3) is 0 Å². The average molecular weight is 1370 g/mol. The SMILES string of the molecule is CCC(C)[C@@H](OC(=O)[C@@H](N(C)C(=O)[C@H](CC(C)C)NC(=O)[C@H](C(C)C)N(C)C(=O)[C@@H](NC(=O)OC(C)(C)C)[C@H](C)CC)C(C)(C)O)C(=O)N(C)[C@H](C(=O)N[C@@H](Cc1ccc(OCC2CCCCC2)cc1)C(=O)N(C)[C@H](C)C(=O)N1CCC[C@H]1C(=O)OCC(=O)c1ccccc1)C(C)C. The number of nitrogens with zero attached hydrogens (tertiary/aromatic N) is 5. The van der Waals surface area contributed by atoms with Crippen LogP contribution < -0.4 is 20.7 Å². The molecular formula is C74H116N8O16. The predicted molar refractivity (Wildman–Crippen MR) is 372 cm³/mol. The topological polar surface area (TPSA) is 297 Å². The second-order valence-corrected chi connectivity index (χ2v) is 29.7. The summed E-state index contributed by atoms with van der Waals surface area (Å²) in [6.07, 6.45) is 4.79. The summed E-state index contributed by atoms with van der Waals surface area (Å²) in [5, 5.41) is 20.3. The number of benzene rings is 2. The van der Waals surface area contributed by atoms with Crippen LogP contribution in [0.3, 0.4) is 0 Å². The van der Waals surface area contributed by atoms with Gasteiger partial charge in [-0.2, -0.15) is 0 Å². The van der Waals surface area contributed by atoms with E-state index in [0.717, 1.165) is 35.5 Å². The normalized spacial score (nSPS) is 17.5. The van der Waals surface area contributed by atoms with Gasteiger partial charge in [-0.1, -0.05) is 137 Å². The molecule has 0 spiro atoms. The number of carbonyl (C=O) groups excluding carboxylic acids is 11. The lowest BCUT2D eigenvalue weighted by Gasteiger charge is -2.39. The second-order valence-electron chi connectivity index (χ2n) is 29.7. The standard InChI is InChI=1S/C74H116N8O16/c1-21-47(9)58(77-72(93)98-73(12,13)14)68(89)79(18)59(45(5)6)63(84)75-54(40-44(3)4)67(88)81(20)62(74(15,16)94)71(92)97-61(48(10)22-2)69(90)80(19)60(46(7)8)64(85)76-55(41-50-35-37-53(38-36-50)95-42-51-30-25-23-26-31-51)66(87)78(17)49(11)65(86)82-39-29-34-56(82)70(91)96-43-57(83)52-32-27-24-28-33-52/h24,27-28,32-33,35-38,44-49,51,54-56,58-62,94H,21-23,25-26,29-31,34,39-43H2,1-20H3,(H,75,84)(H,76,85)(H,77,93)/t47-,48?,49-,54+,55+,56+,58+,59+,60+,61-,62-/m1/s1. The lowest BCUT2D eigenvalue weighted by atomic mass is 9.90. The van der Waals surface area contributed by atoms with E-state index < -0.39 is 155 Å². The van der Waals surface area contributed by atoms with Crippen LogP contribution in [0.4, 0.5) is 4.79 Å². The van der Waals surface area contributed by atoms with Gasteiger partial charge in [0.1, 0.15) is 53.6 Å². The van der Waals surface area contributed by atoms with E-state index in [9.17, 15) is 43.5 Å². The first-order valence-corrected chi connectivity index (χ1v) is 35.1. The summed E-state index contributed by atoms with van der Waals surface area (Å²) in [5.74, 6) is -8.54.